The molecule has 0 spiro atoms. The summed E-state index contributed by atoms with van der Waals surface area (Å²) in [5.41, 5.74) is 2.29. The lowest BCUT2D eigenvalue weighted by atomic mass is 9.49. The van der Waals surface area contributed by atoms with Crippen molar-refractivity contribution in [2.45, 2.75) is 55.9 Å². The largest absolute Gasteiger partial charge is 0.505 e. The van der Waals surface area contributed by atoms with Crippen LogP contribution in [0.4, 0.5) is 5.69 Å². The van der Waals surface area contributed by atoms with Crippen LogP contribution in [-0.2, 0) is 24.0 Å². The molecule has 4 aliphatic carbocycles. The summed E-state index contributed by atoms with van der Waals surface area (Å²) in [5.74, 6) is -13.8. The topological polar surface area (TPSA) is 208 Å². The van der Waals surface area contributed by atoms with Crippen LogP contribution in [0.5, 0.6) is 5.75 Å². The third kappa shape index (κ3) is 4.05. The molecule has 5 aliphatic rings. The van der Waals surface area contributed by atoms with Crippen molar-refractivity contribution in [3.63, 3.8) is 0 Å². The number of aromatic hydroxyl groups is 1. The Bertz CT molecular complexity index is 1480. The number of rotatable bonds is 5. The van der Waals surface area contributed by atoms with Gasteiger partial charge in [0.1, 0.15) is 5.75 Å². The molecular formula is C30H36N4O9. The zero-order chi connectivity index (χ0) is 31.3. The predicted molar refractivity (Wildman–Crippen MR) is 149 cm³/mol. The highest BCUT2D eigenvalue weighted by Crippen LogP contribution is 2.55. The first-order valence-electron chi connectivity index (χ1n) is 14.6. The number of nitrogens with zero attached hydrogens (tertiary/aromatic N) is 2. The highest BCUT2D eigenvalue weighted by molar-refractivity contribution is 6.32. The standard InChI is InChI=1S/C30H36N4O9/c1-11-14-6-7-15(32-16(35)10-34-9-12-4-5-13(34)8-12)23(36)18(14)24(37)19-17(11)25(38)21-22(33(2)3)26(39)20(29(31)42)28(41)30(21,43)27(19)40/h6-7,11-13,17,19-22,25,36,38,43H,4-5,8-10H2,1-3H3,(H2,31,42)(H,32,35)/t11?,12?,13?,17?,19?,20?,21?,22-,25?,30-/m1/s1. The Kier molecular flexibility index (Phi) is 6.88. The second-order valence-corrected chi connectivity index (χ2v) is 13.1. The summed E-state index contributed by atoms with van der Waals surface area (Å²) in [6.07, 6.45) is 1.55. The summed E-state index contributed by atoms with van der Waals surface area (Å²) in [6, 6.07) is 1.90. The predicted octanol–water partition coefficient (Wildman–Crippen LogP) is -1.18. The Balaban J connectivity index is 1.36. The number of phenols is 1. The number of nitrogens with two attached hydrogens (primary N) is 1. The molecule has 1 aromatic rings. The number of aliphatic hydroxyl groups is 2. The number of carbonyl (C=O) groups excluding carboxylic acids is 6. The quantitative estimate of drug-likeness (QED) is 0.202. The fraction of sp³-hybridized carbons (Fsp3) is 0.600. The van der Waals surface area contributed by atoms with Gasteiger partial charge in [0, 0.05) is 18.5 Å². The SMILES string of the molecule is CC1c2ccc(NC(=O)CN3CC4CCC3C4)c(O)c2C(=O)C2C(=O)[C@@]3(O)C(=O)C(C(N)=O)C(=O)[C@H](N(C)C)C3C(O)C21. The number of likely N-dealkylation sites (N-methyl/N-ethyl adjacent to an activating group) is 1. The maximum Gasteiger partial charge on any atom is 0.238 e. The molecule has 2 amide bonds. The van der Waals surface area contributed by atoms with Crippen LogP contribution in [0.15, 0.2) is 12.1 Å². The van der Waals surface area contributed by atoms with Crippen molar-refractivity contribution in [3.8, 4) is 5.75 Å². The third-order valence-corrected chi connectivity index (χ3v) is 10.6. The molecule has 0 radical (unpaired) electrons. The van der Waals surface area contributed by atoms with Crippen molar-refractivity contribution in [3.05, 3.63) is 23.3 Å². The maximum atomic E-state index is 14.1. The number of hydrogen-bond donors (Lipinski definition) is 5. The van der Waals surface area contributed by atoms with Gasteiger partial charge in [0.05, 0.1) is 41.8 Å². The van der Waals surface area contributed by atoms with Crippen LogP contribution in [0.3, 0.4) is 0 Å². The Hall–Kier alpha value is -3.52. The van der Waals surface area contributed by atoms with Gasteiger partial charge in [-0.15, -0.1) is 0 Å². The van der Waals surface area contributed by atoms with Crippen LogP contribution < -0.4 is 11.1 Å². The third-order valence-electron chi connectivity index (χ3n) is 10.6. The van der Waals surface area contributed by atoms with E-state index >= 15 is 0 Å². The molecule has 10 atom stereocenters. The van der Waals surface area contributed by atoms with Gasteiger partial charge in [0.15, 0.2) is 34.7 Å². The first-order valence-corrected chi connectivity index (χ1v) is 14.6. The van der Waals surface area contributed by atoms with Gasteiger partial charge in [-0.3, -0.25) is 38.6 Å². The van der Waals surface area contributed by atoms with E-state index in [9.17, 15) is 44.1 Å². The minimum Gasteiger partial charge on any atom is -0.505 e. The first kappa shape index (κ1) is 29.5. The van der Waals surface area contributed by atoms with Gasteiger partial charge in [-0.25, -0.2) is 0 Å². The number of anilines is 1. The van der Waals surface area contributed by atoms with Crippen molar-refractivity contribution in [2.24, 2.45) is 35.3 Å². The summed E-state index contributed by atoms with van der Waals surface area (Å²) in [7, 11) is 2.87. The van der Waals surface area contributed by atoms with Crippen LogP contribution >= 0.6 is 0 Å². The number of phenolic OH excluding ortho intramolecular Hbond substituents is 1. The highest BCUT2D eigenvalue weighted by atomic mass is 16.3. The van der Waals surface area contributed by atoms with Gasteiger partial charge in [-0.05, 0) is 56.8 Å². The van der Waals surface area contributed by atoms with Gasteiger partial charge in [-0.2, -0.15) is 0 Å². The minimum atomic E-state index is -3.06. The molecular weight excluding hydrogens is 560 g/mol. The van der Waals surface area contributed by atoms with Crippen molar-refractivity contribution < 1.29 is 44.1 Å². The molecule has 13 nitrogen and oxygen atoms in total. The lowest BCUT2D eigenvalue weighted by Gasteiger charge is -2.56. The van der Waals surface area contributed by atoms with Gasteiger partial charge in [-0.1, -0.05) is 13.0 Å². The Morgan fingerprint density at radius 1 is 1.14 bits per heavy atom. The Labute approximate surface area is 247 Å². The lowest BCUT2D eigenvalue weighted by molar-refractivity contribution is -0.196. The van der Waals surface area contributed by atoms with E-state index in [0.29, 0.717) is 17.5 Å². The minimum absolute atomic E-state index is 0.0340. The molecule has 43 heavy (non-hydrogen) atoms. The number of nitrogens with one attached hydrogen (secondary N) is 1. The smallest absolute Gasteiger partial charge is 0.238 e. The van der Waals surface area contributed by atoms with E-state index < -0.39 is 82.1 Å². The average molecular weight is 597 g/mol. The number of carbonyl (C=O) groups is 6. The molecule has 6 N–H and O–H groups in total. The molecule has 230 valence electrons. The number of Topliss-reactive ketones (excluding diaryl/α,β-unsaturated/α-hetero) is 4. The van der Waals surface area contributed by atoms with Crippen LogP contribution in [0, 0.1) is 29.6 Å². The number of amides is 2. The van der Waals surface area contributed by atoms with Gasteiger partial charge < -0.3 is 26.4 Å². The zero-order valence-corrected chi connectivity index (χ0v) is 24.1. The summed E-state index contributed by atoms with van der Waals surface area (Å²) in [5, 5.41) is 37.3. The normalized spacial score (nSPS) is 38.6. The summed E-state index contributed by atoms with van der Waals surface area (Å²) < 4.78 is 0. The molecule has 4 fully saturated rings. The molecule has 6 rings (SSSR count). The number of benzene rings is 1. The zero-order valence-electron chi connectivity index (χ0n) is 24.1. The number of fused-ring (bicyclic) bond motifs is 5. The van der Waals surface area contributed by atoms with E-state index in [4.69, 9.17) is 5.73 Å². The second-order valence-electron chi connectivity index (χ2n) is 13.1. The van der Waals surface area contributed by atoms with E-state index in [1.807, 2.05) is 0 Å². The van der Waals surface area contributed by atoms with Crippen molar-refractivity contribution in [1.29, 1.82) is 0 Å². The molecule has 3 saturated carbocycles. The van der Waals surface area contributed by atoms with Crippen molar-refractivity contribution in [1.82, 2.24) is 9.80 Å². The van der Waals surface area contributed by atoms with E-state index in [1.54, 1.807) is 6.92 Å². The Morgan fingerprint density at radius 3 is 2.42 bits per heavy atom. The molecule has 1 aromatic carbocycles. The van der Waals surface area contributed by atoms with E-state index in [2.05, 4.69) is 10.2 Å². The van der Waals surface area contributed by atoms with E-state index in [-0.39, 0.29) is 23.7 Å². The number of aliphatic hydroxyl groups excluding tert-OH is 1. The Morgan fingerprint density at radius 2 is 1.84 bits per heavy atom. The summed E-state index contributed by atoms with van der Waals surface area (Å²) in [6.45, 7) is 2.59. The van der Waals surface area contributed by atoms with Gasteiger partial charge in [0.2, 0.25) is 11.8 Å². The molecule has 0 aromatic heterocycles. The molecule has 13 heteroatoms. The summed E-state index contributed by atoms with van der Waals surface area (Å²) >= 11 is 0. The fourth-order valence-corrected chi connectivity index (χ4v) is 8.68. The number of piperidine rings is 1. The van der Waals surface area contributed by atoms with Crippen LogP contribution in [-0.4, -0.2) is 111 Å². The van der Waals surface area contributed by atoms with Crippen molar-refractivity contribution >= 4 is 40.6 Å². The van der Waals surface area contributed by atoms with Crippen molar-refractivity contribution in [2.75, 3.05) is 32.5 Å². The molecule has 1 saturated heterocycles. The lowest BCUT2D eigenvalue weighted by Crippen LogP contribution is -2.77. The van der Waals surface area contributed by atoms with Crippen LogP contribution in [0.25, 0.3) is 0 Å². The molecule has 1 aliphatic heterocycles. The van der Waals surface area contributed by atoms with Crippen LogP contribution in [0.2, 0.25) is 0 Å². The monoisotopic (exact) mass is 596 g/mol. The number of hydrogen-bond acceptors (Lipinski definition) is 11. The fourth-order valence-electron chi connectivity index (χ4n) is 8.68. The highest BCUT2D eigenvalue weighted by Gasteiger charge is 2.72. The summed E-state index contributed by atoms with van der Waals surface area (Å²) in [4.78, 5) is 83.2. The number of ketones is 4. The van der Waals surface area contributed by atoms with Crippen LogP contribution in [0.1, 0.15) is 48.0 Å². The van der Waals surface area contributed by atoms with Gasteiger partial charge >= 0.3 is 0 Å². The molecule has 8 unspecified atom stereocenters. The number of primary amides is 1. The van der Waals surface area contributed by atoms with E-state index in [0.717, 1.165) is 25.8 Å². The van der Waals surface area contributed by atoms with Gasteiger partial charge in [0.25, 0.3) is 0 Å². The molecule has 1 heterocycles. The second kappa shape index (κ2) is 10.0. The molecule has 2 bridgehead atoms. The average Bonchev–Trinajstić information content (AvgIpc) is 3.55. The number of likely N-dealkylation sites (tertiary alicyclic amines) is 1. The van der Waals surface area contributed by atoms with E-state index in [1.165, 1.54) is 31.1 Å². The first-order chi connectivity index (χ1) is 20.2. The maximum absolute atomic E-state index is 14.1.